The number of rotatable bonds is 9. The van der Waals surface area contributed by atoms with Crippen molar-refractivity contribution < 1.29 is 14.3 Å². The van der Waals surface area contributed by atoms with E-state index in [1.54, 1.807) is 37.3 Å². The van der Waals surface area contributed by atoms with Gasteiger partial charge < -0.3 is 14.4 Å². The largest absolute Gasteiger partial charge is 0.383 e. The number of carbonyl (C=O) groups is 1. The quantitative estimate of drug-likeness (QED) is 0.507. The molecule has 164 valence electrons. The van der Waals surface area contributed by atoms with Gasteiger partial charge in [-0.3, -0.25) is 14.2 Å². The Balaban J connectivity index is 1.82. The van der Waals surface area contributed by atoms with E-state index in [0.29, 0.717) is 41.5 Å². The minimum Gasteiger partial charge on any atom is -0.383 e. The van der Waals surface area contributed by atoms with Gasteiger partial charge in [0.05, 0.1) is 30.2 Å². The van der Waals surface area contributed by atoms with E-state index in [1.807, 2.05) is 37.3 Å². The summed E-state index contributed by atoms with van der Waals surface area (Å²) in [6.45, 7) is 2.80. The van der Waals surface area contributed by atoms with Gasteiger partial charge in [0.2, 0.25) is 5.91 Å². The molecule has 0 aliphatic carbocycles. The smallest absolute Gasteiger partial charge is 0.261 e. The molecular formula is C23H26ClN3O4. The topological polar surface area (TPSA) is 73.7 Å². The second-order valence-corrected chi connectivity index (χ2v) is 7.67. The highest BCUT2D eigenvalue weighted by Crippen LogP contribution is 2.21. The first-order chi connectivity index (χ1) is 14.9. The van der Waals surface area contributed by atoms with Crippen LogP contribution in [0.5, 0.6) is 0 Å². The summed E-state index contributed by atoms with van der Waals surface area (Å²) < 4.78 is 12.3. The van der Waals surface area contributed by atoms with Crippen LogP contribution in [-0.4, -0.2) is 47.2 Å². The van der Waals surface area contributed by atoms with Crippen molar-refractivity contribution in [2.45, 2.75) is 19.6 Å². The summed E-state index contributed by atoms with van der Waals surface area (Å²) >= 11 is 6.03. The van der Waals surface area contributed by atoms with Crippen LogP contribution < -0.4 is 5.56 Å². The Bertz CT molecular complexity index is 1100. The van der Waals surface area contributed by atoms with Crippen LogP contribution in [0.2, 0.25) is 5.02 Å². The van der Waals surface area contributed by atoms with Crippen LogP contribution in [0.3, 0.4) is 0 Å². The molecule has 0 spiro atoms. The first-order valence-corrected chi connectivity index (χ1v) is 10.4. The van der Waals surface area contributed by atoms with Crippen molar-refractivity contribution in [2.24, 2.45) is 7.05 Å². The normalized spacial score (nSPS) is 12.1. The minimum absolute atomic E-state index is 0.0832. The summed E-state index contributed by atoms with van der Waals surface area (Å²) in [6.07, 6.45) is 0. The molecule has 8 heteroatoms. The first kappa shape index (κ1) is 22.9. The number of carbonyl (C=O) groups excluding carboxylic acids is 1. The van der Waals surface area contributed by atoms with E-state index in [4.69, 9.17) is 21.1 Å². The van der Waals surface area contributed by atoms with Crippen LogP contribution in [0.4, 0.5) is 0 Å². The molecule has 2 aromatic carbocycles. The highest BCUT2D eigenvalue weighted by molar-refractivity contribution is 6.31. The molecule has 1 aromatic heterocycles. The lowest BCUT2D eigenvalue weighted by atomic mass is 10.2. The summed E-state index contributed by atoms with van der Waals surface area (Å²) in [5.74, 6) is 0.276. The van der Waals surface area contributed by atoms with Gasteiger partial charge in [-0.15, -0.1) is 0 Å². The van der Waals surface area contributed by atoms with Crippen molar-refractivity contribution in [3.05, 3.63) is 75.3 Å². The molecule has 0 fully saturated rings. The Labute approximate surface area is 186 Å². The number of methoxy groups -OCH3 is 1. The summed E-state index contributed by atoms with van der Waals surface area (Å²) in [6, 6.07) is 14.2. The summed E-state index contributed by atoms with van der Waals surface area (Å²) in [7, 11) is 3.22. The molecule has 1 heterocycles. The highest BCUT2D eigenvalue weighted by atomic mass is 35.5. The molecule has 31 heavy (non-hydrogen) atoms. The van der Waals surface area contributed by atoms with Gasteiger partial charge in [-0.25, -0.2) is 4.98 Å². The van der Waals surface area contributed by atoms with Crippen LogP contribution in [0.25, 0.3) is 10.9 Å². The molecule has 7 nitrogen and oxygen atoms in total. The van der Waals surface area contributed by atoms with Crippen molar-refractivity contribution in [1.82, 2.24) is 14.5 Å². The number of fused-ring (bicyclic) bond motifs is 1. The van der Waals surface area contributed by atoms with Gasteiger partial charge in [0, 0.05) is 25.7 Å². The Kier molecular flexibility index (Phi) is 7.79. The van der Waals surface area contributed by atoms with E-state index >= 15 is 0 Å². The predicted octanol–water partition coefficient (Wildman–Crippen LogP) is 3.34. The SMILES string of the molecule is COCCN(C(=O)COCc1ccccc1)C(C)c1nc2ccc(Cl)cc2c(=O)n1C. The Hall–Kier alpha value is -2.74. The number of hydrogen-bond acceptors (Lipinski definition) is 5. The first-order valence-electron chi connectivity index (χ1n) is 9.98. The average Bonchev–Trinajstić information content (AvgIpc) is 2.77. The number of hydrogen-bond donors (Lipinski definition) is 0. The second-order valence-electron chi connectivity index (χ2n) is 7.23. The lowest BCUT2D eigenvalue weighted by Crippen LogP contribution is -2.40. The molecule has 0 bridgehead atoms. The molecule has 0 saturated heterocycles. The van der Waals surface area contributed by atoms with Crippen LogP contribution >= 0.6 is 11.6 Å². The van der Waals surface area contributed by atoms with Crippen LogP contribution in [0, 0.1) is 0 Å². The summed E-state index contributed by atoms with van der Waals surface area (Å²) in [5, 5.41) is 0.909. The third-order valence-corrected chi connectivity index (χ3v) is 5.34. The van der Waals surface area contributed by atoms with Gasteiger partial charge in [-0.1, -0.05) is 41.9 Å². The Morgan fingerprint density at radius 3 is 2.68 bits per heavy atom. The lowest BCUT2D eigenvalue weighted by Gasteiger charge is -2.29. The molecule has 0 saturated carbocycles. The molecule has 0 aliphatic heterocycles. The van der Waals surface area contributed by atoms with E-state index < -0.39 is 6.04 Å². The van der Waals surface area contributed by atoms with Gasteiger partial charge in [0.25, 0.3) is 5.56 Å². The fraction of sp³-hybridized carbons (Fsp3) is 0.348. The fourth-order valence-electron chi connectivity index (χ4n) is 3.41. The predicted molar refractivity (Wildman–Crippen MR) is 120 cm³/mol. The molecule has 0 N–H and O–H groups in total. The van der Waals surface area contributed by atoms with Crippen molar-refractivity contribution in [1.29, 1.82) is 0 Å². The number of halogens is 1. The number of aromatic nitrogens is 2. The molecular weight excluding hydrogens is 418 g/mol. The Morgan fingerprint density at radius 1 is 1.23 bits per heavy atom. The molecule has 1 amide bonds. The summed E-state index contributed by atoms with van der Waals surface area (Å²) in [4.78, 5) is 32.1. The number of benzene rings is 2. The Morgan fingerprint density at radius 2 is 1.97 bits per heavy atom. The van der Waals surface area contributed by atoms with Crippen molar-refractivity contribution >= 4 is 28.4 Å². The molecule has 0 radical (unpaired) electrons. The van der Waals surface area contributed by atoms with Crippen LogP contribution in [0.15, 0.2) is 53.3 Å². The second kappa shape index (κ2) is 10.5. The maximum absolute atomic E-state index is 13.0. The lowest BCUT2D eigenvalue weighted by molar-refractivity contribution is -0.139. The van der Waals surface area contributed by atoms with E-state index in [1.165, 1.54) is 4.57 Å². The molecule has 3 rings (SSSR count). The van der Waals surface area contributed by atoms with Gasteiger partial charge in [0.15, 0.2) is 0 Å². The zero-order chi connectivity index (χ0) is 22.4. The molecule has 1 unspecified atom stereocenters. The fourth-order valence-corrected chi connectivity index (χ4v) is 3.58. The maximum Gasteiger partial charge on any atom is 0.261 e. The maximum atomic E-state index is 13.0. The van der Waals surface area contributed by atoms with E-state index in [0.717, 1.165) is 5.56 Å². The monoisotopic (exact) mass is 443 g/mol. The average molecular weight is 444 g/mol. The number of nitrogens with zero attached hydrogens (tertiary/aromatic N) is 3. The van der Waals surface area contributed by atoms with Gasteiger partial charge in [-0.05, 0) is 30.7 Å². The van der Waals surface area contributed by atoms with Crippen molar-refractivity contribution in [3.63, 3.8) is 0 Å². The standard InChI is InChI=1S/C23H26ClN3O4/c1-16(22-25-20-10-9-18(24)13-19(20)23(29)26(22)2)27(11-12-30-3)21(28)15-31-14-17-7-5-4-6-8-17/h4-10,13,16H,11-12,14-15H2,1-3H3. The third-order valence-electron chi connectivity index (χ3n) is 5.11. The molecule has 0 aliphatic rings. The van der Waals surface area contributed by atoms with E-state index in [2.05, 4.69) is 4.98 Å². The molecule has 3 aromatic rings. The third kappa shape index (κ3) is 5.50. The van der Waals surface area contributed by atoms with Gasteiger partial charge in [0.1, 0.15) is 12.4 Å². The zero-order valence-corrected chi connectivity index (χ0v) is 18.6. The van der Waals surface area contributed by atoms with E-state index in [-0.39, 0.29) is 18.1 Å². The highest BCUT2D eigenvalue weighted by Gasteiger charge is 2.25. The van der Waals surface area contributed by atoms with Crippen molar-refractivity contribution in [2.75, 3.05) is 26.9 Å². The van der Waals surface area contributed by atoms with E-state index in [9.17, 15) is 9.59 Å². The minimum atomic E-state index is -0.458. The number of amides is 1. The summed E-state index contributed by atoms with van der Waals surface area (Å²) in [5.41, 5.74) is 1.31. The zero-order valence-electron chi connectivity index (χ0n) is 17.9. The van der Waals surface area contributed by atoms with Crippen LogP contribution in [0.1, 0.15) is 24.4 Å². The molecule has 1 atom stereocenters. The van der Waals surface area contributed by atoms with Gasteiger partial charge >= 0.3 is 0 Å². The van der Waals surface area contributed by atoms with Gasteiger partial charge in [-0.2, -0.15) is 0 Å². The van der Waals surface area contributed by atoms with Crippen molar-refractivity contribution in [3.8, 4) is 0 Å². The number of ether oxygens (including phenoxy) is 2. The van der Waals surface area contributed by atoms with Crippen LogP contribution in [-0.2, 0) is 27.9 Å².